The summed E-state index contributed by atoms with van der Waals surface area (Å²) in [6, 6.07) is 0. The molecule has 1 N–H and O–H groups in total. The van der Waals surface area contributed by atoms with E-state index in [0.29, 0.717) is 12.3 Å². The van der Waals surface area contributed by atoms with Crippen LogP contribution in [0.15, 0.2) is 11.6 Å². The number of aliphatic hydroxyl groups is 1. The summed E-state index contributed by atoms with van der Waals surface area (Å²) < 4.78 is 0. The SMILES string of the molecule is C#CC1=CCC(O)(C(C)C)CC1. The lowest BCUT2D eigenvalue weighted by atomic mass is 9.78. The minimum atomic E-state index is -0.514. The third-order valence-corrected chi connectivity index (χ3v) is 2.79. The van der Waals surface area contributed by atoms with Crippen molar-refractivity contribution >= 4 is 0 Å². The Morgan fingerprint density at radius 1 is 1.67 bits per heavy atom. The Balaban J connectivity index is 2.69. The fourth-order valence-corrected chi connectivity index (χ4v) is 1.51. The highest BCUT2D eigenvalue weighted by Gasteiger charge is 2.31. The number of terminal acetylenes is 1. The molecule has 12 heavy (non-hydrogen) atoms. The van der Waals surface area contributed by atoms with Crippen molar-refractivity contribution in [3.63, 3.8) is 0 Å². The molecule has 0 amide bonds. The van der Waals surface area contributed by atoms with E-state index in [0.717, 1.165) is 18.4 Å². The molecule has 0 aromatic carbocycles. The molecule has 1 nitrogen and oxygen atoms in total. The largest absolute Gasteiger partial charge is 0.389 e. The highest BCUT2D eigenvalue weighted by Crippen LogP contribution is 2.32. The summed E-state index contributed by atoms with van der Waals surface area (Å²) in [5, 5.41) is 10.0. The lowest BCUT2D eigenvalue weighted by molar-refractivity contribution is -0.0136. The Labute approximate surface area is 74.5 Å². The Kier molecular flexibility index (Phi) is 2.59. The van der Waals surface area contributed by atoms with Crippen molar-refractivity contribution < 1.29 is 5.11 Å². The predicted octanol–water partition coefficient (Wildman–Crippen LogP) is 2.12. The molecule has 0 aliphatic heterocycles. The van der Waals surface area contributed by atoms with E-state index < -0.39 is 5.60 Å². The van der Waals surface area contributed by atoms with E-state index in [-0.39, 0.29) is 0 Å². The number of rotatable bonds is 1. The maximum Gasteiger partial charge on any atom is 0.0708 e. The zero-order valence-electron chi connectivity index (χ0n) is 7.80. The van der Waals surface area contributed by atoms with Gasteiger partial charge in [-0.25, -0.2) is 0 Å². The van der Waals surface area contributed by atoms with E-state index in [1.165, 1.54) is 0 Å². The molecule has 1 unspecified atom stereocenters. The first-order valence-electron chi connectivity index (χ1n) is 4.46. The predicted molar refractivity (Wildman–Crippen MR) is 50.6 cm³/mol. The standard InChI is InChI=1S/C11H16O/c1-4-10-5-7-11(12,8-6-10)9(2)3/h1,5,9,12H,6-8H2,2-3H3. The Bertz CT molecular complexity index is 232. The van der Waals surface area contributed by atoms with Gasteiger partial charge in [0.2, 0.25) is 0 Å². The monoisotopic (exact) mass is 164 g/mol. The molecule has 0 aromatic heterocycles. The van der Waals surface area contributed by atoms with Gasteiger partial charge in [0.15, 0.2) is 0 Å². The highest BCUT2D eigenvalue weighted by atomic mass is 16.3. The third kappa shape index (κ3) is 1.70. The Morgan fingerprint density at radius 3 is 2.67 bits per heavy atom. The van der Waals surface area contributed by atoms with Crippen molar-refractivity contribution in [3.05, 3.63) is 11.6 Å². The first kappa shape index (κ1) is 9.35. The van der Waals surface area contributed by atoms with E-state index in [9.17, 15) is 5.11 Å². The van der Waals surface area contributed by atoms with Crippen LogP contribution in [-0.4, -0.2) is 10.7 Å². The Hall–Kier alpha value is -0.740. The number of hydrogen-bond donors (Lipinski definition) is 1. The van der Waals surface area contributed by atoms with Crippen LogP contribution in [-0.2, 0) is 0 Å². The molecule has 0 fully saturated rings. The van der Waals surface area contributed by atoms with Gasteiger partial charge in [-0.1, -0.05) is 25.8 Å². The highest BCUT2D eigenvalue weighted by molar-refractivity contribution is 5.28. The molecule has 1 atom stereocenters. The van der Waals surface area contributed by atoms with Crippen molar-refractivity contribution in [3.8, 4) is 12.3 Å². The molecule has 1 rings (SSSR count). The summed E-state index contributed by atoms with van der Waals surface area (Å²) in [5.74, 6) is 2.94. The smallest absolute Gasteiger partial charge is 0.0708 e. The van der Waals surface area contributed by atoms with Crippen LogP contribution in [0.1, 0.15) is 33.1 Å². The molecular formula is C11H16O. The van der Waals surface area contributed by atoms with Crippen LogP contribution in [0.5, 0.6) is 0 Å². The topological polar surface area (TPSA) is 20.2 Å². The van der Waals surface area contributed by atoms with Gasteiger partial charge in [-0.15, -0.1) is 6.42 Å². The van der Waals surface area contributed by atoms with Crippen molar-refractivity contribution in [1.29, 1.82) is 0 Å². The van der Waals surface area contributed by atoms with Gasteiger partial charge < -0.3 is 5.11 Å². The lowest BCUT2D eigenvalue weighted by Gasteiger charge is -2.34. The average Bonchev–Trinajstić information content (AvgIpc) is 2.06. The van der Waals surface area contributed by atoms with Crippen LogP contribution in [0.2, 0.25) is 0 Å². The molecule has 66 valence electrons. The summed E-state index contributed by atoms with van der Waals surface area (Å²) in [4.78, 5) is 0. The maximum atomic E-state index is 10.0. The average molecular weight is 164 g/mol. The van der Waals surface area contributed by atoms with Gasteiger partial charge in [-0.05, 0) is 30.8 Å². The molecule has 1 aliphatic carbocycles. The van der Waals surface area contributed by atoms with Crippen LogP contribution in [0.3, 0.4) is 0 Å². The van der Waals surface area contributed by atoms with Gasteiger partial charge in [0.25, 0.3) is 0 Å². The molecule has 1 heteroatoms. The van der Waals surface area contributed by atoms with Crippen LogP contribution in [0, 0.1) is 18.3 Å². The van der Waals surface area contributed by atoms with Gasteiger partial charge in [-0.2, -0.15) is 0 Å². The van der Waals surface area contributed by atoms with E-state index in [1.807, 2.05) is 6.08 Å². The van der Waals surface area contributed by atoms with E-state index in [4.69, 9.17) is 6.42 Å². The maximum absolute atomic E-state index is 10.0. The van der Waals surface area contributed by atoms with Crippen LogP contribution >= 0.6 is 0 Å². The zero-order valence-corrected chi connectivity index (χ0v) is 7.80. The van der Waals surface area contributed by atoms with Crippen molar-refractivity contribution in [1.82, 2.24) is 0 Å². The summed E-state index contributed by atoms with van der Waals surface area (Å²) in [6.45, 7) is 4.10. The quantitative estimate of drug-likeness (QED) is 0.588. The Morgan fingerprint density at radius 2 is 2.33 bits per heavy atom. The second-order valence-corrected chi connectivity index (χ2v) is 3.84. The molecular weight excluding hydrogens is 148 g/mol. The summed E-state index contributed by atoms with van der Waals surface area (Å²) in [5.41, 5.74) is 0.528. The lowest BCUT2D eigenvalue weighted by Crippen LogP contribution is -2.36. The van der Waals surface area contributed by atoms with E-state index in [1.54, 1.807) is 0 Å². The summed E-state index contributed by atoms with van der Waals surface area (Å²) >= 11 is 0. The van der Waals surface area contributed by atoms with Crippen molar-refractivity contribution in [2.24, 2.45) is 5.92 Å². The molecule has 0 spiro atoms. The molecule has 0 saturated carbocycles. The van der Waals surface area contributed by atoms with Crippen LogP contribution < -0.4 is 0 Å². The van der Waals surface area contributed by atoms with Gasteiger partial charge in [0, 0.05) is 0 Å². The van der Waals surface area contributed by atoms with E-state index >= 15 is 0 Å². The number of hydrogen-bond acceptors (Lipinski definition) is 1. The molecule has 0 aromatic rings. The zero-order chi connectivity index (χ0) is 9.19. The minimum absolute atomic E-state index is 0.313. The van der Waals surface area contributed by atoms with Gasteiger partial charge in [0.1, 0.15) is 0 Å². The minimum Gasteiger partial charge on any atom is -0.389 e. The molecule has 1 aliphatic rings. The first-order valence-corrected chi connectivity index (χ1v) is 4.46. The van der Waals surface area contributed by atoms with Gasteiger partial charge >= 0.3 is 0 Å². The molecule has 0 heterocycles. The van der Waals surface area contributed by atoms with Crippen LogP contribution in [0.4, 0.5) is 0 Å². The first-order chi connectivity index (χ1) is 5.58. The normalized spacial score (nSPS) is 29.8. The van der Waals surface area contributed by atoms with Crippen molar-refractivity contribution in [2.75, 3.05) is 0 Å². The molecule has 0 saturated heterocycles. The number of allylic oxidation sites excluding steroid dienone is 1. The van der Waals surface area contributed by atoms with E-state index in [2.05, 4.69) is 19.8 Å². The second kappa shape index (κ2) is 3.33. The van der Waals surface area contributed by atoms with Crippen molar-refractivity contribution in [2.45, 2.75) is 38.7 Å². The van der Waals surface area contributed by atoms with Gasteiger partial charge in [-0.3, -0.25) is 0 Å². The molecule has 0 bridgehead atoms. The fraction of sp³-hybridized carbons (Fsp3) is 0.636. The second-order valence-electron chi connectivity index (χ2n) is 3.84. The fourth-order valence-electron chi connectivity index (χ4n) is 1.51. The summed E-state index contributed by atoms with van der Waals surface area (Å²) in [7, 11) is 0. The molecule has 0 radical (unpaired) electrons. The summed E-state index contributed by atoms with van der Waals surface area (Å²) in [6.07, 6.45) is 9.63. The third-order valence-electron chi connectivity index (χ3n) is 2.79. The van der Waals surface area contributed by atoms with Gasteiger partial charge in [0.05, 0.1) is 5.60 Å². The van der Waals surface area contributed by atoms with Crippen LogP contribution in [0.25, 0.3) is 0 Å².